The van der Waals surface area contributed by atoms with E-state index in [1.165, 1.54) is 50.2 Å². The molecule has 3 heteroatoms. The second-order valence-corrected chi connectivity index (χ2v) is 5.01. The summed E-state index contributed by atoms with van der Waals surface area (Å²) in [5.41, 5.74) is 2.98. The maximum Gasteiger partial charge on any atom is 0.0360 e. The topological polar surface area (TPSA) is 20.2 Å². The molecule has 2 aliphatic heterocycles. The van der Waals surface area contributed by atoms with Crippen molar-refractivity contribution in [1.82, 2.24) is 14.8 Å². The lowest BCUT2D eigenvalue weighted by Crippen LogP contribution is -2.27. The van der Waals surface area contributed by atoms with Crippen molar-refractivity contribution in [2.75, 3.05) is 26.2 Å². The molecule has 88 valence electrons. The highest BCUT2D eigenvalue weighted by molar-refractivity contribution is 5.20. The van der Waals surface area contributed by atoms with Gasteiger partial charge in [-0.1, -0.05) is 0 Å². The molecule has 3 nitrogen and oxygen atoms in total. The van der Waals surface area contributed by atoms with Gasteiger partial charge in [0, 0.05) is 38.1 Å². The second kappa shape index (κ2) is 4.60. The van der Waals surface area contributed by atoms with Crippen molar-refractivity contribution in [1.29, 1.82) is 0 Å². The van der Waals surface area contributed by atoms with Crippen molar-refractivity contribution in [2.24, 2.45) is 0 Å². The Kier molecular flexibility index (Phi) is 2.98. The molecule has 1 aromatic rings. The number of hydrogen-bond donors (Lipinski definition) is 1. The highest BCUT2D eigenvalue weighted by atomic mass is 15.1. The number of fused-ring (bicyclic) bond motifs is 1. The van der Waals surface area contributed by atoms with Gasteiger partial charge < -0.3 is 14.8 Å². The van der Waals surface area contributed by atoms with Crippen LogP contribution in [-0.4, -0.2) is 35.6 Å². The van der Waals surface area contributed by atoms with E-state index in [9.17, 15) is 0 Å². The molecule has 0 aliphatic carbocycles. The van der Waals surface area contributed by atoms with E-state index >= 15 is 0 Å². The van der Waals surface area contributed by atoms with E-state index in [-0.39, 0.29) is 0 Å². The summed E-state index contributed by atoms with van der Waals surface area (Å²) >= 11 is 0. The molecule has 1 aromatic heterocycles. The Morgan fingerprint density at radius 1 is 1.19 bits per heavy atom. The van der Waals surface area contributed by atoms with E-state index in [0.29, 0.717) is 0 Å². The molecule has 1 fully saturated rings. The highest BCUT2D eigenvalue weighted by Crippen LogP contribution is 2.14. The summed E-state index contributed by atoms with van der Waals surface area (Å²) in [6.45, 7) is 7.18. The minimum atomic E-state index is 1.05. The minimum absolute atomic E-state index is 1.05. The third-order valence-electron chi connectivity index (χ3n) is 3.79. The molecule has 0 unspecified atom stereocenters. The first kappa shape index (κ1) is 10.4. The highest BCUT2D eigenvalue weighted by Gasteiger charge is 2.13. The normalized spacial score (nSPS) is 21.2. The van der Waals surface area contributed by atoms with Crippen molar-refractivity contribution in [2.45, 2.75) is 32.4 Å². The zero-order chi connectivity index (χ0) is 10.8. The lowest BCUT2D eigenvalue weighted by Gasteiger charge is -2.15. The third kappa shape index (κ3) is 2.15. The largest absolute Gasteiger partial charge is 0.349 e. The first-order valence-corrected chi connectivity index (χ1v) is 6.53. The number of hydrogen-bond acceptors (Lipinski definition) is 2. The van der Waals surface area contributed by atoms with Crippen LogP contribution in [0.3, 0.4) is 0 Å². The van der Waals surface area contributed by atoms with Crippen LogP contribution in [0.4, 0.5) is 0 Å². The van der Waals surface area contributed by atoms with E-state index in [4.69, 9.17) is 0 Å². The second-order valence-electron chi connectivity index (χ2n) is 5.01. The van der Waals surface area contributed by atoms with E-state index in [1.807, 2.05) is 0 Å². The molecule has 1 N–H and O–H groups in total. The molecule has 0 amide bonds. The van der Waals surface area contributed by atoms with Crippen LogP contribution in [0.5, 0.6) is 0 Å². The first-order chi connectivity index (χ1) is 7.92. The fraction of sp³-hybridized carbons (Fsp3) is 0.692. The van der Waals surface area contributed by atoms with Gasteiger partial charge in [-0.3, -0.25) is 0 Å². The summed E-state index contributed by atoms with van der Waals surface area (Å²) in [4.78, 5) is 2.59. The number of likely N-dealkylation sites (tertiary alicyclic amines) is 1. The lowest BCUT2D eigenvalue weighted by atomic mass is 10.2. The van der Waals surface area contributed by atoms with Crippen LogP contribution in [0.15, 0.2) is 12.3 Å². The van der Waals surface area contributed by atoms with Crippen molar-refractivity contribution in [3.63, 3.8) is 0 Å². The zero-order valence-corrected chi connectivity index (χ0v) is 9.91. The van der Waals surface area contributed by atoms with Crippen LogP contribution in [-0.2, 0) is 19.5 Å². The van der Waals surface area contributed by atoms with Gasteiger partial charge >= 0.3 is 0 Å². The van der Waals surface area contributed by atoms with Gasteiger partial charge in [0.15, 0.2) is 0 Å². The van der Waals surface area contributed by atoms with E-state index < -0.39 is 0 Å². The van der Waals surface area contributed by atoms with Gasteiger partial charge in [0.2, 0.25) is 0 Å². The summed E-state index contributed by atoms with van der Waals surface area (Å²) in [6, 6.07) is 2.38. The third-order valence-corrected chi connectivity index (χ3v) is 3.79. The van der Waals surface area contributed by atoms with Gasteiger partial charge in [0.25, 0.3) is 0 Å². The maximum atomic E-state index is 3.42. The molecule has 0 bridgehead atoms. The lowest BCUT2D eigenvalue weighted by molar-refractivity contribution is 0.343. The molecule has 0 radical (unpaired) electrons. The average molecular weight is 219 g/mol. The van der Waals surface area contributed by atoms with Gasteiger partial charge in [0.05, 0.1) is 0 Å². The maximum absolute atomic E-state index is 3.42. The van der Waals surface area contributed by atoms with Crippen molar-refractivity contribution in [3.05, 3.63) is 23.5 Å². The van der Waals surface area contributed by atoms with Crippen LogP contribution in [0.2, 0.25) is 0 Å². The van der Waals surface area contributed by atoms with Gasteiger partial charge in [0.1, 0.15) is 0 Å². The molecule has 3 rings (SSSR count). The first-order valence-electron chi connectivity index (χ1n) is 6.53. The van der Waals surface area contributed by atoms with E-state index in [2.05, 4.69) is 27.0 Å². The Labute approximate surface area is 97.4 Å². The smallest absolute Gasteiger partial charge is 0.0360 e. The Balaban J connectivity index is 1.59. The van der Waals surface area contributed by atoms with E-state index in [1.54, 1.807) is 0 Å². The van der Waals surface area contributed by atoms with Crippen LogP contribution < -0.4 is 5.32 Å². The van der Waals surface area contributed by atoms with Crippen LogP contribution in [0.1, 0.15) is 24.1 Å². The number of nitrogens with zero attached hydrogens (tertiary/aromatic N) is 2. The van der Waals surface area contributed by atoms with Gasteiger partial charge in [-0.25, -0.2) is 0 Å². The monoisotopic (exact) mass is 219 g/mol. The summed E-state index contributed by atoms with van der Waals surface area (Å²) < 4.78 is 2.41. The SMILES string of the molecule is c1c(CCN2CCCC2)cn2c1CNCC2. The predicted molar refractivity (Wildman–Crippen MR) is 65.5 cm³/mol. The quantitative estimate of drug-likeness (QED) is 0.825. The van der Waals surface area contributed by atoms with Gasteiger partial charge in [-0.15, -0.1) is 0 Å². The number of rotatable bonds is 3. The zero-order valence-electron chi connectivity index (χ0n) is 9.91. The standard InChI is InChI=1S/C13H21N3/c1-2-6-15(5-1)7-3-12-9-13-10-14-4-8-16(13)11-12/h9,11,14H,1-8,10H2. The Morgan fingerprint density at radius 2 is 2.06 bits per heavy atom. The number of aromatic nitrogens is 1. The summed E-state index contributed by atoms with van der Waals surface area (Å²) in [6.07, 6.45) is 6.37. The molecular weight excluding hydrogens is 198 g/mol. The Hall–Kier alpha value is -0.800. The molecular formula is C13H21N3. The summed E-state index contributed by atoms with van der Waals surface area (Å²) in [5.74, 6) is 0. The summed E-state index contributed by atoms with van der Waals surface area (Å²) in [5, 5.41) is 3.42. The molecule has 2 aliphatic rings. The Bertz CT molecular complexity index is 327. The molecule has 3 heterocycles. The fourth-order valence-corrected chi connectivity index (χ4v) is 2.82. The van der Waals surface area contributed by atoms with Crippen LogP contribution in [0, 0.1) is 0 Å². The van der Waals surface area contributed by atoms with Gasteiger partial charge in [-0.2, -0.15) is 0 Å². The van der Waals surface area contributed by atoms with Crippen molar-refractivity contribution < 1.29 is 0 Å². The minimum Gasteiger partial charge on any atom is -0.349 e. The molecule has 0 saturated carbocycles. The van der Waals surface area contributed by atoms with Crippen molar-refractivity contribution in [3.8, 4) is 0 Å². The van der Waals surface area contributed by atoms with Crippen LogP contribution in [0.25, 0.3) is 0 Å². The summed E-state index contributed by atoms with van der Waals surface area (Å²) in [7, 11) is 0. The van der Waals surface area contributed by atoms with Crippen LogP contribution >= 0.6 is 0 Å². The molecule has 0 aromatic carbocycles. The average Bonchev–Trinajstić information content (AvgIpc) is 2.95. The van der Waals surface area contributed by atoms with E-state index in [0.717, 1.165) is 19.6 Å². The molecule has 16 heavy (non-hydrogen) atoms. The molecule has 1 saturated heterocycles. The number of nitrogens with one attached hydrogen (secondary N) is 1. The van der Waals surface area contributed by atoms with Gasteiger partial charge in [-0.05, 0) is 44.0 Å². The Morgan fingerprint density at radius 3 is 2.88 bits per heavy atom. The molecule has 0 spiro atoms. The molecule has 0 atom stereocenters. The predicted octanol–water partition coefficient (Wildman–Crippen LogP) is 1.23. The van der Waals surface area contributed by atoms with Crippen molar-refractivity contribution >= 4 is 0 Å². The fourth-order valence-electron chi connectivity index (χ4n) is 2.82.